The Kier molecular flexibility index (Phi) is 10.2. The van der Waals surface area contributed by atoms with Gasteiger partial charge in [-0.1, -0.05) is 82.3 Å². The van der Waals surface area contributed by atoms with Gasteiger partial charge < -0.3 is 4.90 Å². The third-order valence-corrected chi connectivity index (χ3v) is 7.85. The first kappa shape index (κ1) is 26.5. The van der Waals surface area contributed by atoms with Crippen LogP contribution in [0.5, 0.6) is 0 Å². The fourth-order valence-corrected chi connectivity index (χ4v) is 5.34. The molecule has 184 valence electrons. The van der Waals surface area contributed by atoms with E-state index in [4.69, 9.17) is 9.97 Å². The van der Waals surface area contributed by atoms with Crippen LogP contribution in [0.25, 0.3) is 0 Å². The Hall–Kier alpha value is -2.13. The summed E-state index contributed by atoms with van der Waals surface area (Å²) in [5, 5.41) is 1.02. The fourth-order valence-electron chi connectivity index (χ4n) is 3.52. The van der Waals surface area contributed by atoms with Gasteiger partial charge in [0, 0.05) is 24.8 Å². The summed E-state index contributed by atoms with van der Waals surface area (Å²) in [5.41, 5.74) is 0.607. The van der Waals surface area contributed by atoms with E-state index in [1.54, 1.807) is 23.9 Å². The first-order valence-corrected chi connectivity index (χ1v) is 14.0. The van der Waals surface area contributed by atoms with E-state index in [-0.39, 0.29) is 18.2 Å². The number of hydrogen-bond donors (Lipinski definition) is 0. The van der Waals surface area contributed by atoms with Crippen molar-refractivity contribution < 1.29 is 9.59 Å². The number of amides is 2. The van der Waals surface area contributed by atoms with Crippen LogP contribution >= 0.6 is 23.5 Å². The van der Waals surface area contributed by atoms with Gasteiger partial charge in [0.25, 0.3) is 0 Å². The Labute approximate surface area is 211 Å². The van der Waals surface area contributed by atoms with Crippen molar-refractivity contribution in [3.05, 3.63) is 30.3 Å². The number of hydrogen-bond acceptors (Lipinski definition) is 8. The maximum absolute atomic E-state index is 13.1. The molecular formula is C25H35N5O2S2. The molecule has 7 nitrogen and oxygen atoms in total. The van der Waals surface area contributed by atoms with Gasteiger partial charge in [-0.3, -0.25) is 9.59 Å². The number of nitrogens with zero attached hydrogens (tertiary/aromatic N) is 5. The molecule has 1 aromatic carbocycles. The number of para-hydroxylation sites is 1. The second-order valence-corrected chi connectivity index (χ2v) is 11.0. The highest BCUT2D eigenvalue weighted by Gasteiger charge is 2.40. The van der Waals surface area contributed by atoms with Crippen LogP contribution in [-0.4, -0.2) is 50.4 Å². The van der Waals surface area contributed by atoms with E-state index in [9.17, 15) is 9.59 Å². The average Bonchev–Trinajstić information content (AvgIpc) is 3.11. The lowest BCUT2D eigenvalue weighted by Gasteiger charge is -2.23. The van der Waals surface area contributed by atoms with Gasteiger partial charge in [-0.25, -0.2) is 4.90 Å². The third-order valence-electron chi connectivity index (χ3n) is 5.68. The molecule has 2 atom stereocenters. The van der Waals surface area contributed by atoms with E-state index in [1.165, 1.54) is 16.7 Å². The lowest BCUT2D eigenvalue weighted by molar-refractivity contribution is -0.121. The molecule has 2 aromatic rings. The number of carbonyl (C=O) groups is 2. The van der Waals surface area contributed by atoms with Crippen molar-refractivity contribution in [2.24, 2.45) is 0 Å². The summed E-state index contributed by atoms with van der Waals surface area (Å²) in [6, 6.07) is 9.09. The molecular weight excluding hydrogens is 466 g/mol. The highest BCUT2D eigenvalue weighted by atomic mass is 32.2. The topological polar surface area (TPSA) is 79.3 Å². The number of aromatic nitrogens is 3. The highest BCUT2D eigenvalue weighted by Crippen LogP contribution is 2.34. The van der Waals surface area contributed by atoms with Crippen LogP contribution in [-0.2, 0) is 9.59 Å². The Morgan fingerprint density at radius 3 is 2.26 bits per heavy atom. The lowest BCUT2D eigenvalue weighted by atomic mass is 10.3. The Morgan fingerprint density at radius 1 is 1.00 bits per heavy atom. The van der Waals surface area contributed by atoms with Crippen LogP contribution in [0.1, 0.15) is 66.2 Å². The quantitative estimate of drug-likeness (QED) is 0.259. The maximum atomic E-state index is 13.1. The van der Waals surface area contributed by atoms with Gasteiger partial charge in [-0.15, -0.1) is 0 Å². The molecule has 0 aliphatic carbocycles. The number of carbonyl (C=O) groups excluding carboxylic acids is 2. The number of imide groups is 1. The Bertz CT molecular complexity index is 952. The predicted octanol–water partition coefficient (Wildman–Crippen LogP) is 5.59. The number of unbranched alkanes of at least 4 members (excludes halogenated alkanes) is 2. The van der Waals surface area contributed by atoms with Crippen molar-refractivity contribution >= 4 is 47.0 Å². The van der Waals surface area contributed by atoms with Gasteiger partial charge in [-0.05, 0) is 31.4 Å². The third kappa shape index (κ3) is 6.95. The van der Waals surface area contributed by atoms with Crippen LogP contribution in [0.3, 0.4) is 0 Å². The summed E-state index contributed by atoms with van der Waals surface area (Å²) in [4.78, 5) is 43.6. The monoisotopic (exact) mass is 501 g/mol. The molecule has 1 aliphatic heterocycles. The Morgan fingerprint density at radius 2 is 1.65 bits per heavy atom. The van der Waals surface area contributed by atoms with Gasteiger partial charge in [0.15, 0.2) is 10.3 Å². The largest absolute Gasteiger partial charge is 0.341 e. The molecule has 34 heavy (non-hydrogen) atoms. The zero-order chi connectivity index (χ0) is 24.5. The minimum Gasteiger partial charge on any atom is -0.341 e. The number of thioether (sulfide) groups is 2. The van der Waals surface area contributed by atoms with Gasteiger partial charge >= 0.3 is 0 Å². The molecule has 2 amide bonds. The molecule has 0 N–H and O–H groups in total. The molecule has 9 heteroatoms. The SMILES string of the molecule is CCCCN(CCCC)c1nc(SC(C)CC)nc(SC2CC(=O)N(c3ccccc3)C2=O)n1. The van der Waals surface area contributed by atoms with Gasteiger partial charge in [0.1, 0.15) is 5.25 Å². The second kappa shape index (κ2) is 13.1. The molecule has 1 aromatic heterocycles. The van der Waals surface area contributed by atoms with Gasteiger partial charge in [0.2, 0.25) is 17.8 Å². The van der Waals surface area contributed by atoms with E-state index in [0.29, 0.717) is 27.2 Å². The van der Waals surface area contributed by atoms with E-state index in [1.807, 2.05) is 18.2 Å². The average molecular weight is 502 g/mol. The van der Waals surface area contributed by atoms with Gasteiger partial charge in [-0.2, -0.15) is 15.0 Å². The van der Waals surface area contributed by atoms with Crippen molar-refractivity contribution in [1.82, 2.24) is 15.0 Å². The van der Waals surface area contributed by atoms with Crippen LogP contribution in [0.15, 0.2) is 40.6 Å². The van der Waals surface area contributed by atoms with E-state index in [0.717, 1.165) is 45.2 Å². The molecule has 2 heterocycles. The van der Waals surface area contributed by atoms with Crippen molar-refractivity contribution in [2.75, 3.05) is 22.9 Å². The summed E-state index contributed by atoms with van der Waals surface area (Å²) in [5.74, 6) is 0.264. The number of rotatable bonds is 13. The number of benzene rings is 1. The fraction of sp³-hybridized carbons (Fsp3) is 0.560. The zero-order valence-corrected chi connectivity index (χ0v) is 22.2. The zero-order valence-electron chi connectivity index (χ0n) is 20.6. The molecule has 1 aliphatic rings. The van der Waals surface area contributed by atoms with E-state index >= 15 is 0 Å². The minimum atomic E-state index is -0.538. The molecule has 0 spiro atoms. The first-order valence-electron chi connectivity index (χ1n) is 12.2. The molecule has 0 bridgehead atoms. The maximum Gasteiger partial charge on any atom is 0.247 e. The van der Waals surface area contributed by atoms with Crippen molar-refractivity contribution in [3.63, 3.8) is 0 Å². The minimum absolute atomic E-state index is 0.142. The molecule has 1 saturated heterocycles. The summed E-state index contributed by atoms with van der Waals surface area (Å²) in [7, 11) is 0. The summed E-state index contributed by atoms with van der Waals surface area (Å²) >= 11 is 2.90. The van der Waals surface area contributed by atoms with Gasteiger partial charge in [0.05, 0.1) is 5.69 Å². The molecule has 0 saturated carbocycles. The van der Waals surface area contributed by atoms with Crippen LogP contribution in [0.4, 0.5) is 11.6 Å². The normalized spacial score (nSPS) is 16.8. The van der Waals surface area contributed by atoms with Crippen molar-refractivity contribution in [2.45, 2.75) is 87.0 Å². The van der Waals surface area contributed by atoms with E-state index < -0.39 is 5.25 Å². The second-order valence-electron chi connectivity index (χ2n) is 8.44. The van der Waals surface area contributed by atoms with Crippen LogP contribution in [0.2, 0.25) is 0 Å². The molecule has 1 fully saturated rings. The van der Waals surface area contributed by atoms with Crippen molar-refractivity contribution in [3.8, 4) is 0 Å². The molecule has 0 radical (unpaired) electrons. The van der Waals surface area contributed by atoms with Crippen molar-refractivity contribution in [1.29, 1.82) is 0 Å². The first-order chi connectivity index (χ1) is 16.5. The Balaban J connectivity index is 1.87. The lowest BCUT2D eigenvalue weighted by Crippen LogP contribution is -2.31. The molecule has 2 unspecified atom stereocenters. The summed E-state index contributed by atoms with van der Waals surface area (Å²) in [6.45, 7) is 10.4. The smallest absolute Gasteiger partial charge is 0.247 e. The predicted molar refractivity (Wildman–Crippen MR) is 141 cm³/mol. The number of anilines is 2. The van der Waals surface area contributed by atoms with E-state index in [2.05, 4.69) is 37.6 Å². The highest BCUT2D eigenvalue weighted by molar-refractivity contribution is 8.00. The standard InChI is InChI=1S/C25H35N5O2S2/c1-5-8-15-29(16-9-6-2)23-26-24(33-18(4)7-3)28-25(27-23)34-20-17-21(31)30(22(20)32)19-13-11-10-12-14-19/h10-14,18,20H,5-9,15-17H2,1-4H3. The van der Waals surface area contributed by atoms with Crippen LogP contribution < -0.4 is 9.80 Å². The van der Waals surface area contributed by atoms with Crippen LogP contribution in [0, 0.1) is 0 Å². The summed E-state index contributed by atoms with van der Waals surface area (Å²) in [6.07, 6.45) is 5.46. The summed E-state index contributed by atoms with van der Waals surface area (Å²) < 4.78 is 0. The molecule has 3 rings (SSSR count).